The summed E-state index contributed by atoms with van der Waals surface area (Å²) >= 11 is 0. The molecule has 1 unspecified atom stereocenters. The minimum atomic E-state index is -0.935. The van der Waals surface area contributed by atoms with E-state index < -0.39 is 6.04 Å². The standard InChI is InChI=1S/C35H34N6O5/c42-33(23-41-30-9-5-4-8-29(30)37-38-41)40(22-26-10-15-31-32(20-26)46-24-45-31)34(35(43)36-21-25-6-2-1-3-7-25)27-11-13-28(14-12-27)39-16-18-44-19-17-39/h1-15,20,34H,16-19,21-24H2,(H,36,43). The van der Waals surface area contributed by atoms with Crippen LogP contribution in [0.3, 0.4) is 0 Å². The Morgan fingerprint density at radius 3 is 2.43 bits per heavy atom. The summed E-state index contributed by atoms with van der Waals surface area (Å²) in [5.41, 5.74) is 4.91. The molecule has 7 rings (SSSR count). The van der Waals surface area contributed by atoms with E-state index >= 15 is 0 Å². The van der Waals surface area contributed by atoms with Gasteiger partial charge in [0.1, 0.15) is 18.1 Å². The number of anilines is 1. The number of para-hydroxylation sites is 1. The predicted octanol–water partition coefficient (Wildman–Crippen LogP) is 4.08. The zero-order valence-electron chi connectivity index (χ0n) is 25.2. The lowest BCUT2D eigenvalue weighted by atomic mass is 10.0. The van der Waals surface area contributed by atoms with Crippen molar-refractivity contribution in [3.63, 3.8) is 0 Å². The molecule has 1 saturated heterocycles. The van der Waals surface area contributed by atoms with Crippen molar-refractivity contribution in [2.45, 2.75) is 25.7 Å². The first-order valence-electron chi connectivity index (χ1n) is 15.3. The molecule has 5 aromatic rings. The summed E-state index contributed by atoms with van der Waals surface area (Å²) in [5, 5.41) is 11.6. The number of morpholine rings is 1. The Morgan fingerprint density at radius 2 is 1.61 bits per heavy atom. The predicted molar refractivity (Wildman–Crippen MR) is 171 cm³/mol. The van der Waals surface area contributed by atoms with Gasteiger partial charge in [-0.15, -0.1) is 5.10 Å². The number of hydrogen-bond donors (Lipinski definition) is 1. The van der Waals surface area contributed by atoms with Crippen molar-refractivity contribution in [3.05, 3.63) is 114 Å². The van der Waals surface area contributed by atoms with Crippen LogP contribution in [0.1, 0.15) is 22.7 Å². The van der Waals surface area contributed by atoms with Crippen LogP contribution in [-0.4, -0.2) is 64.8 Å². The van der Waals surface area contributed by atoms with Gasteiger partial charge in [0.25, 0.3) is 0 Å². The van der Waals surface area contributed by atoms with Crippen LogP contribution in [0, 0.1) is 0 Å². The van der Waals surface area contributed by atoms with Crippen LogP contribution < -0.4 is 19.7 Å². The molecule has 1 N–H and O–H groups in total. The van der Waals surface area contributed by atoms with Gasteiger partial charge in [0, 0.05) is 31.9 Å². The normalized spacial score (nSPS) is 14.7. The quantitative estimate of drug-likeness (QED) is 0.249. The zero-order chi connectivity index (χ0) is 31.3. The Labute approximate surface area is 266 Å². The largest absolute Gasteiger partial charge is 0.454 e. The molecule has 0 aliphatic carbocycles. The minimum Gasteiger partial charge on any atom is -0.454 e. The number of rotatable bonds is 10. The third-order valence-corrected chi connectivity index (χ3v) is 8.27. The van der Waals surface area contributed by atoms with Crippen molar-refractivity contribution in [2.24, 2.45) is 0 Å². The first kappa shape index (κ1) is 29.3. The second-order valence-electron chi connectivity index (χ2n) is 11.2. The van der Waals surface area contributed by atoms with Gasteiger partial charge in [-0.25, -0.2) is 4.68 Å². The highest BCUT2D eigenvalue weighted by atomic mass is 16.7. The summed E-state index contributed by atoms with van der Waals surface area (Å²) in [6.45, 7) is 3.43. The van der Waals surface area contributed by atoms with E-state index in [0.29, 0.717) is 42.3 Å². The second kappa shape index (κ2) is 13.3. The van der Waals surface area contributed by atoms with E-state index in [9.17, 15) is 9.59 Å². The maximum absolute atomic E-state index is 14.4. The number of amides is 2. The summed E-state index contributed by atoms with van der Waals surface area (Å²) in [7, 11) is 0. The van der Waals surface area contributed by atoms with E-state index in [1.165, 1.54) is 0 Å². The van der Waals surface area contributed by atoms with E-state index in [1.807, 2.05) is 97.1 Å². The van der Waals surface area contributed by atoms with E-state index in [4.69, 9.17) is 14.2 Å². The lowest BCUT2D eigenvalue weighted by Gasteiger charge is -2.33. The number of carbonyl (C=O) groups excluding carboxylic acids is 2. The first-order valence-corrected chi connectivity index (χ1v) is 15.3. The van der Waals surface area contributed by atoms with E-state index in [1.54, 1.807) is 9.58 Å². The van der Waals surface area contributed by atoms with Gasteiger partial charge in [-0.3, -0.25) is 9.59 Å². The van der Waals surface area contributed by atoms with Gasteiger partial charge in [-0.2, -0.15) is 0 Å². The molecule has 0 bridgehead atoms. The Balaban J connectivity index is 1.25. The molecule has 2 amide bonds. The van der Waals surface area contributed by atoms with Crippen molar-refractivity contribution in [1.29, 1.82) is 0 Å². The molecule has 0 radical (unpaired) electrons. The summed E-state index contributed by atoms with van der Waals surface area (Å²) < 4.78 is 18.2. The van der Waals surface area contributed by atoms with Gasteiger partial charge in [-0.05, 0) is 53.1 Å². The summed E-state index contributed by atoms with van der Waals surface area (Å²) in [4.78, 5) is 32.5. The van der Waals surface area contributed by atoms with Crippen LogP contribution in [0.2, 0.25) is 0 Å². The highest BCUT2D eigenvalue weighted by Crippen LogP contribution is 2.34. The maximum Gasteiger partial charge on any atom is 0.247 e. The average Bonchev–Trinajstić information content (AvgIpc) is 3.75. The highest BCUT2D eigenvalue weighted by Gasteiger charge is 2.33. The molecule has 1 fully saturated rings. The molecule has 0 saturated carbocycles. The average molecular weight is 619 g/mol. The minimum absolute atomic E-state index is 0.0978. The van der Waals surface area contributed by atoms with E-state index in [2.05, 4.69) is 20.5 Å². The Morgan fingerprint density at radius 1 is 0.848 bits per heavy atom. The SMILES string of the molecule is O=C(NCc1ccccc1)C(c1ccc(N2CCOCC2)cc1)N(Cc1ccc2c(c1)OCO2)C(=O)Cn1nnc2ccccc21. The molecule has 2 aliphatic heterocycles. The molecule has 1 aromatic heterocycles. The smallest absolute Gasteiger partial charge is 0.247 e. The zero-order valence-corrected chi connectivity index (χ0v) is 25.2. The third kappa shape index (κ3) is 6.36. The second-order valence-corrected chi connectivity index (χ2v) is 11.2. The van der Waals surface area contributed by atoms with Crippen LogP contribution in [0.5, 0.6) is 11.5 Å². The molecule has 0 spiro atoms. The van der Waals surface area contributed by atoms with Gasteiger partial charge in [0.05, 0.1) is 18.7 Å². The Bertz CT molecular complexity index is 1820. The van der Waals surface area contributed by atoms with Gasteiger partial charge in [0.15, 0.2) is 11.5 Å². The van der Waals surface area contributed by atoms with Gasteiger partial charge in [-0.1, -0.05) is 65.9 Å². The van der Waals surface area contributed by atoms with E-state index in [0.717, 1.165) is 35.4 Å². The maximum atomic E-state index is 14.4. The molecule has 1 atom stereocenters. The number of fused-ring (bicyclic) bond motifs is 2. The van der Waals surface area contributed by atoms with Crippen LogP contribution >= 0.6 is 0 Å². The Kier molecular flexibility index (Phi) is 8.46. The van der Waals surface area contributed by atoms with Crippen molar-refractivity contribution in [3.8, 4) is 11.5 Å². The fraction of sp³-hybridized carbons (Fsp3) is 0.257. The summed E-state index contributed by atoms with van der Waals surface area (Å²) in [6, 6.07) is 29.7. The van der Waals surface area contributed by atoms with Crippen LogP contribution in [0.25, 0.3) is 11.0 Å². The third-order valence-electron chi connectivity index (χ3n) is 8.27. The number of hydrogen-bond acceptors (Lipinski definition) is 8. The monoisotopic (exact) mass is 618 g/mol. The number of aromatic nitrogens is 3. The molecule has 46 heavy (non-hydrogen) atoms. The molecule has 3 heterocycles. The van der Waals surface area contributed by atoms with Crippen molar-refractivity contribution in [2.75, 3.05) is 38.0 Å². The van der Waals surface area contributed by atoms with Crippen molar-refractivity contribution >= 4 is 28.5 Å². The molecule has 2 aliphatic rings. The Hall–Kier alpha value is -5.42. The highest BCUT2D eigenvalue weighted by molar-refractivity contribution is 5.89. The van der Waals surface area contributed by atoms with Gasteiger partial charge >= 0.3 is 0 Å². The fourth-order valence-corrected chi connectivity index (χ4v) is 5.86. The molecule has 11 heteroatoms. The van der Waals surface area contributed by atoms with Crippen LogP contribution in [-0.2, 0) is 34.0 Å². The molecular weight excluding hydrogens is 584 g/mol. The number of nitrogens with zero attached hydrogens (tertiary/aromatic N) is 5. The van der Waals surface area contributed by atoms with Gasteiger partial charge in [0.2, 0.25) is 18.6 Å². The number of benzene rings is 4. The van der Waals surface area contributed by atoms with Crippen molar-refractivity contribution < 1.29 is 23.8 Å². The molecule has 11 nitrogen and oxygen atoms in total. The lowest BCUT2D eigenvalue weighted by Crippen LogP contribution is -2.44. The first-order chi connectivity index (χ1) is 22.6. The van der Waals surface area contributed by atoms with Crippen molar-refractivity contribution in [1.82, 2.24) is 25.2 Å². The molecule has 4 aromatic carbocycles. The number of carbonyl (C=O) groups is 2. The van der Waals surface area contributed by atoms with Gasteiger partial charge < -0.3 is 29.3 Å². The summed E-state index contributed by atoms with van der Waals surface area (Å²) in [5.74, 6) is 0.671. The molecule has 234 valence electrons. The van der Waals surface area contributed by atoms with E-state index in [-0.39, 0.29) is 31.7 Å². The number of nitrogens with one attached hydrogen (secondary N) is 1. The summed E-state index contributed by atoms with van der Waals surface area (Å²) in [6.07, 6.45) is 0. The molecular formula is C35H34N6O5. The van der Waals surface area contributed by atoms with Crippen LogP contribution in [0.15, 0.2) is 97.1 Å². The lowest BCUT2D eigenvalue weighted by molar-refractivity contribution is -0.142. The fourth-order valence-electron chi connectivity index (χ4n) is 5.86. The number of ether oxygens (including phenoxy) is 3. The topological polar surface area (TPSA) is 111 Å². The van der Waals surface area contributed by atoms with Crippen LogP contribution in [0.4, 0.5) is 5.69 Å².